The van der Waals surface area contributed by atoms with Gasteiger partial charge >= 0.3 is 0 Å². The van der Waals surface area contributed by atoms with Gasteiger partial charge in [-0.2, -0.15) is 0 Å². The van der Waals surface area contributed by atoms with Gasteiger partial charge < -0.3 is 9.64 Å². The first-order chi connectivity index (χ1) is 11.5. The van der Waals surface area contributed by atoms with Gasteiger partial charge in [-0.15, -0.1) is 5.10 Å². The number of nitrogens with zero attached hydrogens (tertiary/aromatic N) is 3. The number of hydrogen-bond acceptors (Lipinski definition) is 3. The molecule has 1 aromatic heterocycles. The summed E-state index contributed by atoms with van der Waals surface area (Å²) >= 11 is 0. The molecule has 0 bridgehead atoms. The summed E-state index contributed by atoms with van der Waals surface area (Å²) in [5.74, 6) is 1.27. The van der Waals surface area contributed by atoms with Crippen LogP contribution < -0.4 is 4.74 Å². The molecule has 5 heteroatoms. The fourth-order valence-electron chi connectivity index (χ4n) is 2.98. The summed E-state index contributed by atoms with van der Waals surface area (Å²) in [6, 6.07) is 9.88. The van der Waals surface area contributed by atoms with Crippen molar-refractivity contribution in [3.63, 3.8) is 0 Å². The molecule has 1 saturated heterocycles. The molecule has 1 aliphatic heterocycles. The van der Waals surface area contributed by atoms with Crippen LogP contribution in [0, 0.1) is 12.8 Å². The highest BCUT2D eigenvalue weighted by atomic mass is 16.5. The molecule has 0 N–H and O–H groups in total. The zero-order valence-corrected chi connectivity index (χ0v) is 14.6. The summed E-state index contributed by atoms with van der Waals surface area (Å²) in [6.45, 7) is 7.64. The van der Waals surface area contributed by atoms with Crippen molar-refractivity contribution in [1.29, 1.82) is 0 Å². The van der Waals surface area contributed by atoms with Gasteiger partial charge in [0.15, 0.2) is 6.10 Å². The topological polar surface area (TPSA) is 47.4 Å². The molecule has 5 nitrogen and oxygen atoms in total. The third-order valence-corrected chi connectivity index (χ3v) is 4.60. The van der Waals surface area contributed by atoms with Crippen LogP contribution in [-0.4, -0.2) is 39.8 Å². The molecular weight excluding hydrogens is 302 g/mol. The molecule has 0 radical (unpaired) electrons. The first-order valence-electron chi connectivity index (χ1n) is 8.61. The van der Waals surface area contributed by atoms with Gasteiger partial charge in [0.1, 0.15) is 0 Å². The number of benzene rings is 1. The van der Waals surface area contributed by atoms with Crippen LogP contribution in [0.2, 0.25) is 0 Å². The van der Waals surface area contributed by atoms with Crippen molar-refractivity contribution in [2.45, 2.75) is 39.7 Å². The van der Waals surface area contributed by atoms with Gasteiger partial charge in [-0.3, -0.25) is 4.79 Å². The van der Waals surface area contributed by atoms with E-state index in [9.17, 15) is 4.79 Å². The number of rotatable bonds is 4. The first kappa shape index (κ1) is 16.6. The normalized spacial score (nSPS) is 16.9. The van der Waals surface area contributed by atoms with Crippen LogP contribution in [0.15, 0.2) is 36.5 Å². The lowest BCUT2D eigenvalue weighted by atomic mass is 9.99. The average Bonchev–Trinajstić information content (AvgIpc) is 2.96. The average molecular weight is 327 g/mol. The zero-order valence-electron chi connectivity index (χ0n) is 14.6. The van der Waals surface area contributed by atoms with E-state index in [2.05, 4.69) is 12.0 Å². The van der Waals surface area contributed by atoms with E-state index in [1.165, 1.54) is 0 Å². The van der Waals surface area contributed by atoms with Crippen LogP contribution >= 0.6 is 0 Å². The van der Waals surface area contributed by atoms with E-state index >= 15 is 0 Å². The molecule has 1 amide bonds. The Morgan fingerprint density at radius 2 is 1.92 bits per heavy atom. The summed E-state index contributed by atoms with van der Waals surface area (Å²) in [5.41, 5.74) is 1.89. The lowest BCUT2D eigenvalue weighted by Crippen LogP contribution is -2.44. The number of hydrogen-bond donors (Lipinski definition) is 0. The standard InChI is InChI=1S/C19H25N3O2/c1-14-9-11-21(12-10-14)19(23)16(3)24-18-15(2)13-22(20-18)17-7-5-4-6-8-17/h4-8,13-14,16H,9-12H2,1-3H3/t16-/m1/s1. The highest BCUT2D eigenvalue weighted by Crippen LogP contribution is 2.21. The highest BCUT2D eigenvalue weighted by molar-refractivity contribution is 5.81. The second-order valence-corrected chi connectivity index (χ2v) is 6.67. The maximum Gasteiger partial charge on any atom is 0.263 e. The van der Waals surface area contributed by atoms with Crippen LogP contribution in [0.1, 0.15) is 32.3 Å². The predicted molar refractivity (Wildman–Crippen MR) is 93.4 cm³/mol. The molecule has 2 aromatic rings. The minimum atomic E-state index is -0.517. The summed E-state index contributed by atoms with van der Waals surface area (Å²) in [5, 5.41) is 4.48. The SMILES string of the molecule is Cc1cn(-c2ccccc2)nc1O[C@H](C)C(=O)N1CCC(C)CC1. The predicted octanol–water partition coefficient (Wildman–Crippen LogP) is 3.21. The van der Waals surface area contributed by atoms with Gasteiger partial charge in [0.05, 0.1) is 5.69 Å². The van der Waals surface area contributed by atoms with Gasteiger partial charge in [0.25, 0.3) is 5.91 Å². The van der Waals surface area contributed by atoms with Crippen LogP contribution in [-0.2, 0) is 4.79 Å². The Morgan fingerprint density at radius 1 is 1.25 bits per heavy atom. The lowest BCUT2D eigenvalue weighted by molar-refractivity contribution is -0.139. The molecule has 0 unspecified atom stereocenters. The summed E-state index contributed by atoms with van der Waals surface area (Å²) in [6.07, 6.45) is 3.54. The number of likely N-dealkylation sites (tertiary alicyclic amines) is 1. The minimum absolute atomic E-state index is 0.0514. The van der Waals surface area contributed by atoms with Gasteiger partial charge in [-0.1, -0.05) is 25.1 Å². The number of amides is 1. The maximum absolute atomic E-state index is 12.6. The van der Waals surface area contributed by atoms with Crippen molar-refractivity contribution in [1.82, 2.24) is 14.7 Å². The van der Waals surface area contributed by atoms with E-state index in [-0.39, 0.29) is 5.91 Å². The molecule has 1 atom stereocenters. The van der Waals surface area contributed by atoms with Gasteiger partial charge in [0, 0.05) is 24.8 Å². The number of carbonyl (C=O) groups excluding carboxylic acids is 1. The molecule has 0 spiro atoms. The summed E-state index contributed by atoms with van der Waals surface area (Å²) in [7, 11) is 0. The number of aromatic nitrogens is 2. The molecule has 1 aliphatic rings. The van der Waals surface area contributed by atoms with Gasteiger partial charge in [-0.05, 0) is 44.7 Å². The fraction of sp³-hybridized carbons (Fsp3) is 0.474. The Hall–Kier alpha value is -2.30. The van der Waals surface area contributed by atoms with Gasteiger partial charge in [0.2, 0.25) is 5.88 Å². The van der Waals surface area contributed by atoms with E-state index in [1.54, 1.807) is 11.6 Å². The van der Waals surface area contributed by atoms with E-state index < -0.39 is 6.10 Å². The largest absolute Gasteiger partial charge is 0.463 e. The molecule has 128 valence electrons. The first-order valence-corrected chi connectivity index (χ1v) is 8.61. The van der Waals surface area contributed by atoms with Crippen molar-refractivity contribution >= 4 is 5.91 Å². The number of piperidine rings is 1. The molecule has 24 heavy (non-hydrogen) atoms. The Morgan fingerprint density at radius 3 is 2.58 bits per heavy atom. The Balaban J connectivity index is 1.67. The monoisotopic (exact) mass is 327 g/mol. The molecule has 1 fully saturated rings. The van der Waals surface area contributed by atoms with Crippen LogP contribution in [0.5, 0.6) is 5.88 Å². The van der Waals surface area contributed by atoms with Crippen LogP contribution in [0.3, 0.4) is 0 Å². The Labute approximate surface area is 143 Å². The number of carbonyl (C=O) groups is 1. The molecule has 0 saturated carbocycles. The number of ether oxygens (including phenoxy) is 1. The number of para-hydroxylation sites is 1. The lowest BCUT2D eigenvalue weighted by Gasteiger charge is -2.32. The van der Waals surface area contributed by atoms with E-state index in [4.69, 9.17) is 4.74 Å². The zero-order chi connectivity index (χ0) is 17.1. The minimum Gasteiger partial charge on any atom is -0.463 e. The smallest absolute Gasteiger partial charge is 0.263 e. The maximum atomic E-state index is 12.6. The number of aryl methyl sites for hydroxylation is 1. The second-order valence-electron chi connectivity index (χ2n) is 6.67. The van der Waals surface area contributed by atoms with Crippen molar-refractivity contribution in [2.24, 2.45) is 5.92 Å². The van der Waals surface area contributed by atoms with Crippen molar-refractivity contribution in [3.8, 4) is 11.6 Å². The third kappa shape index (κ3) is 3.61. The van der Waals surface area contributed by atoms with Crippen LogP contribution in [0.25, 0.3) is 5.69 Å². The Kier molecular flexibility index (Phi) is 4.88. The fourth-order valence-corrected chi connectivity index (χ4v) is 2.98. The summed E-state index contributed by atoms with van der Waals surface area (Å²) in [4.78, 5) is 14.5. The van der Waals surface area contributed by atoms with E-state index in [1.807, 2.05) is 48.4 Å². The third-order valence-electron chi connectivity index (χ3n) is 4.60. The van der Waals surface area contributed by atoms with Crippen molar-refractivity contribution in [2.75, 3.05) is 13.1 Å². The van der Waals surface area contributed by atoms with Crippen LogP contribution in [0.4, 0.5) is 0 Å². The van der Waals surface area contributed by atoms with Crippen molar-refractivity contribution in [3.05, 3.63) is 42.1 Å². The van der Waals surface area contributed by atoms with E-state index in [0.717, 1.165) is 37.2 Å². The molecule has 2 heterocycles. The molecule has 3 rings (SSSR count). The quantitative estimate of drug-likeness (QED) is 0.866. The Bertz CT molecular complexity index is 688. The highest BCUT2D eigenvalue weighted by Gasteiger charge is 2.26. The van der Waals surface area contributed by atoms with E-state index in [0.29, 0.717) is 11.8 Å². The molecule has 0 aliphatic carbocycles. The molecular formula is C19H25N3O2. The molecule has 1 aromatic carbocycles. The van der Waals surface area contributed by atoms with Crippen molar-refractivity contribution < 1.29 is 9.53 Å². The summed E-state index contributed by atoms with van der Waals surface area (Å²) < 4.78 is 7.65. The second kappa shape index (κ2) is 7.07. The van der Waals surface area contributed by atoms with Gasteiger partial charge in [-0.25, -0.2) is 4.68 Å².